The lowest BCUT2D eigenvalue weighted by molar-refractivity contribution is 0.219. The van der Waals surface area contributed by atoms with E-state index in [1.807, 2.05) is 6.08 Å². The highest BCUT2D eigenvalue weighted by Crippen LogP contribution is 2.10. The van der Waals surface area contributed by atoms with E-state index in [0.29, 0.717) is 11.8 Å². The topological polar surface area (TPSA) is 20.2 Å². The van der Waals surface area contributed by atoms with Gasteiger partial charge in [0, 0.05) is 12.5 Å². The molecule has 0 fully saturated rings. The van der Waals surface area contributed by atoms with Crippen molar-refractivity contribution < 1.29 is 5.11 Å². The van der Waals surface area contributed by atoms with E-state index in [4.69, 9.17) is 16.7 Å². The highest BCUT2D eigenvalue weighted by molar-refractivity contribution is 6.17. The van der Waals surface area contributed by atoms with Crippen LogP contribution in [0.3, 0.4) is 0 Å². The van der Waals surface area contributed by atoms with Crippen LogP contribution in [0, 0.1) is 5.92 Å². The summed E-state index contributed by atoms with van der Waals surface area (Å²) in [6, 6.07) is 0. The number of hydrogen-bond acceptors (Lipinski definition) is 1. The Morgan fingerprint density at radius 3 is 2.70 bits per heavy atom. The largest absolute Gasteiger partial charge is 0.396 e. The Morgan fingerprint density at radius 1 is 1.60 bits per heavy atom. The molecule has 0 aromatic heterocycles. The third-order valence-electron chi connectivity index (χ3n) is 1.50. The minimum atomic E-state index is 0.253. The maximum atomic E-state index is 8.79. The highest BCUT2D eigenvalue weighted by atomic mass is 35.5. The van der Waals surface area contributed by atoms with Crippen molar-refractivity contribution in [2.45, 2.75) is 19.3 Å². The molecule has 0 aliphatic heterocycles. The Morgan fingerprint density at radius 2 is 2.30 bits per heavy atom. The van der Waals surface area contributed by atoms with Crippen molar-refractivity contribution in [3.8, 4) is 0 Å². The molecule has 0 aromatic carbocycles. The minimum absolute atomic E-state index is 0.253. The summed E-state index contributed by atoms with van der Waals surface area (Å²) in [6.45, 7) is 3.87. The second kappa shape index (κ2) is 7.10. The number of alkyl halides is 1. The Bertz CT molecular complexity index is 83.3. The molecular formula is C8H15ClO. The van der Waals surface area contributed by atoms with Gasteiger partial charge < -0.3 is 5.11 Å². The van der Waals surface area contributed by atoms with Gasteiger partial charge in [0.25, 0.3) is 0 Å². The van der Waals surface area contributed by atoms with Gasteiger partial charge in [-0.25, -0.2) is 0 Å². The predicted molar refractivity (Wildman–Crippen MR) is 45.3 cm³/mol. The fourth-order valence-corrected chi connectivity index (χ4v) is 1.04. The van der Waals surface area contributed by atoms with Crippen LogP contribution in [0.15, 0.2) is 12.7 Å². The van der Waals surface area contributed by atoms with E-state index in [9.17, 15) is 0 Å². The van der Waals surface area contributed by atoms with Crippen LogP contribution in [0.1, 0.15) is 19.3 Å². The zero-order valence-corrected chi connectivity index (χ0v) is 6.98. The number of hydrogen-bond donors (Lipinski definition) is 1. The molecule has 0 aromatic rings. The van der Waals surface area contributed by atoms with Gasteiger partial charge in [0.1, 0.15) is 0 Å². The first-order valence-electron chi connectivity index (χ1n) is 3.62. The van der Waals surface area contributed by atoms with Crippen LogP contribution in [0.25, 0.3) is 0 Å². The first-order valence-corrected chi connectivity index (χ1v) is 4.16. The van der Waals surface area contributed by atoms with Crippen molar-refractivity contribution in [2.24, 2.45) is 5.92 Å². The number of rotatable bonds is 6. The van der Waals surface area contributed by atoms with Crippen LogP contribution in [0.5, 0.6) is 0 Å². The van der Waals surface area contributed by atoms with E-state index in [1.165, 1.54) is 0 Å². The monoisotopic (exact) mass is 162 g/mol. The van der Waals surface area contributed by atoms with Crippen LogP contribution in [0.2, 0.25) is 0 Å². The molecule has 0 rings (SSSR count). The van der Waals surface area contributed by atoms with E-state index >= 15 is 0 Å². The second-order valence-corrected chi connectivity index (χ2v) is 2.78. The summed E-state index contributed by atoms with van der Waals surface area (Å²) in [5, 5.41) is 8.79. The summed E-state index contributed by atoms with van der Waals surface area (Å²) >= 11 is 5.50. The smallest absolute Gasteiger partial charge is 0.0462 e. The van der Waals surface area contributed by atoms with E-state index < -0.39 is 0 Å². The molecule has 0 saturated heterocycles. The fraction of sp³-hybridized carbons (Fsp3) is 0.750. The van der Waals surface area contributed by atoms with Crippen molar-refractivity contribution in [3.05, 3.63) is 12.7 Å². The van der Waals surface area contributed by atoms with Gasteiger partial charge in [-0.1, -0.05) is 6.08 Å². The highest BCUT2D eigenvalue weighted by Gasteiger charge is 2.03. The number of allylic oxidation sites excluding steroid dienone is 1. The first-order chi connectivity index (χ1) is 4.85. The van der Waals surface area contributed by atoms with Gasteiger partial charge in [-0.05, 0) is 25.2 Å². The molecule has 0 aliphatic rings. The maximum absolute atomic E-state index is 8.79. The van der Waals surface area contributed by atoms with Gasteiger partial charge >= 0.3 is 0 Å². The van der Waals surface area contributed by atoms with Gasteiger partial charge in [-0.2, -0.15) is 0 Å². The van der Waals surface area contributed by atoms with E-state index in [0.717, 1.165) is 19.3 Å². The Kier molecular flexibility index (Phi) is 7.09. The molecule has 1 atom stereocenters. The van der Waals surface area contributed by atoms with Crippen molar-refractivity contribution in [1.29, 1.82) is 0 Å². The van der Waals surface area contributed by atoms with Crippen LogP contribution >= 0.6 is 11.6 Å². The quantitative estimate of drug-likeness (QED) is 0.469. The summed E-state index contributed by atoms with van der Waals surface area (Å²) in [5.74, 6) is 1.06. The fourth-order valence-electron chi connectivity index (χ4n) is 0.885. The van der Waals surface area contributed by atoms with Gasteiger partial charge in [0.15, 0.2) is 0 Å². The predicted octanol–water partition coefficient (Wildman–Crippen LogP) is 2.19. The SMILES string of the molecule is C=CC[C@H](CO)CCCCl. The molecule has 2 heteroatoms. The van der Waals surface area contributed by atoms with Crippen molar-refractivity contribution in [1.82, 2.24) is 0 Å². The van der Waals surface area contributed by atoms with Crippen molar-refractivity contribution >= 4 is 11.6 Å². The molecule has 0 amide bonds. The van der Waals surface area contributed by atoms with Gasteiger partial charge in [-0.3, -0.25) is 0 Å². The lowest BCUT2D eigenvalue weighted by Crippen LogP contribution is -2.04. The normalized spacial score (nSPS) is 13.0. The minimum Gasteiger partial charge on any atom is -0.396 e. The molecule has 1 N–H and O–H groups in total. The summed E-state index contributed by atoms with van der Waals surface area (Å²) in [7, 11) is 0. The molecule has 0 heterocycles. The van der Waals surface area contributed by atoms with Gasteiger partial charge in [-0.15, -0.1) is 18.2 Å². The molecule has 1 nitrogen and oxygen atoms in total. The Hall–Kier alpha value is -0.0100. The summed E-state index contributed by atoms with van der Waals surface area (Å²) in [6.07, 6.45) is 4.73. The van der Waals surface area contributed by atoms with Crippen LogP contribution < -0.4 is 0 Å². The lowest BCUT2D eigenvalue weighted by atomic mass is 10.0. The molecule has 60 valence electrons. The summed E-state index contributed by atoms with van der Waals surface area (Å²) in [5.41, 5.74) is 0. The molecular weight excluding hydrogens is 148 g/mol. The molecule has 0 radical (unpaired) electrons. The molecule has 10 heavy (non-hydrogen) atoms. The molecule has 0 bridgehead atoms. The van der Waals surface area contributed by atoms with Crippen LogP contribution in [-0.2, 0) is 0 Å². The zero-order chi connectivity index (χ0) is 7.82. The van der Waals surface area contributed by atoms with Gasteiger partial charge in [0.05, 0.1) is 0 Å². The standard InChI is InChI=1S/C8H15ClO/c1-2-4-8(7-10)5-3-6-9/h2,8,10H,1,3-7H2/t8-/m0/s1. The summed E-state index contributed by atoms with van der Waals surface area (Å²) in [4.78, 5) is 0. The number of halogens is 1. The van der Waals surface area contributed by atoms with E-state index in [2.05, 4.69) is 6.58 Å². The second-order valence-electron chi connectivity index (χ2n) is 2.40. The van der Waals surface area contributed by atoms with Crippen molar-refractivity contribution in [3.63, 3.8) is 0 Å². The third-order valence-corrected chi connectivity index (χ3v) is 1.77. The zero-order valence-electron chi connectivity index (χ0n) is 6.22. The average Bonchev–Trinajstić information content (AvgIpc) is 1.98. The third kappa shape index (κ3) is 4.83. The number of aliphatic hydroxyl groups is 1. The Labute approximate surface area is 67.7 Å². The molecule has 0 saturated carbocycles. The van der Waals surface area contributed by atoms with Gasteiger partial charge in [0.2, 0.25) is 0 Å². The molecule has 0 aliphatic carbocycles. The lowest BCUT2D eigenvalue weighted by Gasteiger charge is -2.09. The molecule has 0 unspecified atom stereocenters. The average molecular weight is 163 g/mol. The molecule has 0 spiro atoms. The summed E-state index contributed by atoms with van der Waals surface area (Å²) < 4.78 is 0. The van der Waals surface area contributed by atoms with E-state index in [-0.39, 0.29) is 6.61 Å². The maximum Gasteiger partial charge on any atom is 0.0462 e. The first kappa shape index (κ1) is 9.99. The van der Waals surface area contributed by atoms with E-state index in [1.54, 1.807) is 0 Å². The van der Waals surface area contributed by atoms with Crippen LogP contribution in [-0.4, -0.2) is 17.6 Å². The van der Waals surface area contributed by atoms with Crippen molar-refractivity contribution in [2.75, 3.05) is 12.5 Å². The number of aliphatic hydroxyl groups excluding tert-OH is 1. The Balaban J connectivity index is 3.29. The van der Waals surface area contributed by atoms with Crippen LogP contribution in [0.4, 0.5) is 0 Å².